The summed E-state index contributed by atoms with van der Waals surface area (Å²) < 4.78 is 5.53. The quantitative estimate of drug-likeness (QED) is 0.714. The largest absolute Gasteiger partial charge is 0.484 e. The maximum Gasteiger partial charge on any atom is 0.270 e. The van der Waals surface area contributed by atoms with Gasteiger partial charge < -0.3 is 19.5 Å². The van der Waals surface area contributed by atoms with Crippen LogP contribution in [0.2, 0.25) is 5.02 Å². The van der Waals surface area contributed by atoms with E-state index in [4.69, 9.17) is 16.3 Å². The SMILES string of the molecule is Cc1c(C(=O)N2CCN(C(=O)COc3ccc(Cl)cc3)CC2)[nH]c2ccccc12. The smallest absolute Gasteiger partial charge is 0.270 e. The topological polar surface area (TPSA) is 65.6 Å². The number of rotatable bonds is 4. The maximum atomic E-state index is 13.0. The molecule has 1 aromatic heterocycles. The van der Waals surface area contributed by atoms with E-state index in [1.54, 1.807) is 34.1 Å². The highest BCUT2D eigenvalue weighted by Crippen LogP contribution is 2.23. The average molecular weight is 412 g/mol. The van der Waals surface area contributed by atoms with Gasteiger partial charge in [0.25, 0.3) is 11.8 Å². The highest BCUT2D eigenvalue weighted by Gasteiger charge is 2.27. The summed E-state index contributed by atoms with van der Waals surface area (Å²) in [6.45, 7) is 3.92. The standard InChI is InChI=1S/C22H22ClN3O3/c1-15-18-4-2-3-5-19(18)24-21(15)22(28)26-12-10-25(11-13-26)20(27)14-29-17-8-6-16(23)7-9-17/h2-9,24H,10-14H2,1H3. The van der Waals surface area contributed by atoms with E-state index in [1.165, 1.54) is 0 Å². The predicted molar refractivity (Wildman–Crippen MR) is 112 cm³/mol. The van der Waals surface area contributed by atoms with Crippen molar-refractivity contribution in [3.63, 3.8) is 0 Å². The number of ether oxygens (including phenoxy) is 1. The van der Waals surface area contributed by atoms with Crippen molar-refractivity contribution >= 4 is 34.3 Å². The van der Waals surface area contributed by atoms with E-state index in [-0.39, 0.29) is 18.4 Å². The van der Waals surface area contributed by atoms with Gasteiger partial charge in [0.15, 0.2) is 6.61 Å². The number of aryl methyl sites for hydroxylation is 1. The van der Waals surface area contributed by atoms with E-state index in [0.717, 1.165) is 16.5 Å². The monoisotopic (exact) mass is 411 g/mol. The number of aromatic nitrogens is 1. The molecule has 0 saturated carbocycles. The van der Waals surface area contributed by atoms with Crippen LogP contribution in [0.4, 0.5) is 0 Å². The van der Waals surface area contributed by atoms with Gasteiger partial charge in [-0.25, -0.2) is 0 Å². The third-order valence-corrected chi connectivity index (χ3v) is 5.53. The number of hydrogen-bond acceptors (Lipinski definition) is 3. The number of carbonyl (C=O) groups is 2. The van der Waals surface area contributed by atoms with Gasteiger partial charge in [-0.1, -0.05) is 29.8 Å². The Morgan fingerprint density at radius 3 is 2.34 bits per heavy atom. The van der Waals surface area contributed by atoms with Gasteiger partial charge in [-0.05, 0) is 42.8 Å². The second-order valence-electron chi connectivity index (χ2n) is 7.09. The first-order chi connectivity index (χ1) is 14.0. The minimum absolute atomic E-state index is 0.0248. The zero-order valence-corrected chi connectivity index (χ0v) is 16.9. The molecule has 1 aliphatic rings. The number of amides is 2. The molecule has 3 aromatic rings. The van der Waals surface area contributed by atoms with Gasteiger partial charge in [0.1, 0.15) is 11.4 Å². The van der Waals surface area contributed by atoms with Crippen molar-refractivity contribution in [1.29, 1.82) is 0 Å². The highest BCUT2D eigenvalue weighted by molar-refractivity contribution is 6.30. The first-order valence-corrected chi connectivity index (χ1v) is 9.93. The molecule has 2 aromatic carbocycles. The minimum atomic E-state index is -0.0890. The number of halogens is 1. The van der Waals surface area contributed by atoms with Crippen LogP contribution in [0.15, 0.2) is 48.5 Å². The van der Waals surface area contributed by atoms with Gasteiger partial charge in [-0.3, -0.25) is 9.59 Å². The fourth-order valence-electron chi connectivity index (χ4n) is 3.58. The molecular formula is C22H22ClN3O3. The third-order valence-electron chi connectivity index (χ3n) is 5.28. The van der Waals surface area contributed by atoms with E-state index < -0.39 is 0 Å². The number of aromatic amines is 1. The highest BCUT2D eigenvalue weighted by atomic mass is 35.5. The molecule has 29 heavy (non-hydrogen) atoms. The zero-order chi connectivity index (χ0) is 20.4. The van der Waals surface area contributed by atoms with Crippen molar-refractivity contribution in [3.05, 3.63) is 64.8 Å². The lowest BCUT2D eigenvalue weighted by atomic mass is 10.1. The molecule has 1 aliphatic heterocycles. The van der Waals surface area contributed by atoms with Crippen molar-refractivity contribution in [2.75, 3.05) is 32.8 Å². The molecule has 6 nitrogen and oxygen atoms in total. The summed E-state index contributed by atoms with van der Waals surface area (Å²) in [7, 11) is 0. The molecular weight excluding hydrogens is 390 g/mol. The lowest BCUT2D eigenvalue weighted by Gasteiger charge is -2.34. The normalized spacial score (nSPS) is 14.3. The Bertz CT molecular complexity index is 1040. The number of benzene rings is 2. The Labute approximate surface area is 174 Å². The number of hydrogen-bond donors (Lipinski definition) is 1. The van der Waals surface area contributed by atoms with Crippen molar-refractivity contribution < 1.29 is 14.3 Å². The van der Waals surface area contributed by atoms with Gasteiger partial charge in [0.2, 0.25) is 0 Å². The van der Waals surface area contributed by atoms with E-state index in [1.807, 2.05) is 31.2 Å². The average Bonchev–Trinajstić information content (AvgIpc) is 3.09. The van der Waals surface area contributed by atoms with Crippen LogP contribution >= 0.6 is 11.6 Å². The Morgan fingerprint density at radius 2 is 1.66 bits per heavy atom. The molecule has 0 aliphatic carbocycles. The van der Waals surface area contributed by atoms with Gasteiger partial charge in [0, 0.05) is 42.1 Å². The fraction of sp³-hybridized carbons (Fsp3) is 0.273. The molecule has 0 unspecified atom stereocenters. The Balaban J connectivity index is 1.33. The van der Waals surface area contributed by atoms with Crippen molar-refractivity contribution in [3.8, 4) is 5.75 Å². The fourth-order valence-corrected chi connectivity index (χ4v) is 3.71. The van der Waals surface area contributed by atoms with Crippen molar-refractivity contribution in [2.45, 2.75) is 6.92 Å². The molecule has 0 atom stereocenters. The number of nitrogens with zero attached hydrogens (tertiary/aromatic N) is 2. The lowest BCUT2D eigenvalue weighted by molar-refractivity contribution is -0.134. The number of fused-ring (bicyclic) bond motifs is 1. The molecule has 0 radical (unpaired) electrons. The van der Waals surface area contributed by atoms with Crippen LogP contribution < -0.4 is 4.74 Å². The van der Waals surface area contributed by atoms with E-state index in [2.05, 4.69) is 4.98 Å². The summed E-state index contributed by atoms with van der Waals surface area (Å²) in [5.41, 5.74) is 2.54. The van der Waals surface area contributed by atoms with Crippen LogP contribution in [0.1, 0.15) is 16.1 Å². The molecule has 1 saturated heterocycles. The minimum Gasteiger partial charge on any atom is -0.484 e. The summed E-state index contributed by atoms with van der Waals surface area (Å²) in [6, 6.07) is 14.8. The number of para-hydroxylation sites is 1. The molecule has 150 valence electrons. The lowest BCUT2D eigenvalue weighted by Crippen LogP contribution is -2.51. The van der Waals surface area contributed by atoms with Crippen LogP contribution in [0.3, 0.4) is 0 Å². The number of carbonyl (C=O) groups excluding carboxylic acids is 2. The maximum absolute atomic E-state index is 13.0. The van der Waals surface area contributed by atoms with Crippen LogP contribution in [0.5, 0.6) is 5.75 Å². The molecule has 0 bridgehead atoms. The van der Waals surface area contributed by atoms with Crippen LogP contribution in [0, 0.1) is 6.92 Å². The Kier molecular flexibility index (Phi) is 5.45. The second kappa shape index (κ2) is 8.17. The van der Waals surface area contributed by atoms with Crippen LogP contribution in [-0.2, 0) is 4.79 Å². The molecule has 7 heteroatoms. The number of piperazine rings is 1. The van der Waals surface area contributed by atoms with Gasteiger partial charge in [0.05, 0.1) is 0 Å². The number of H-pyrrole nitrogens is 1. The van der Waals surface area contributed by atoms with Crippen molar-refractivity contribution in [1.82, 2.24) is 14.8 Å². The Morgan fingerprint density at radius 1 is 1.00 bits per heavy atom. The third kappa shape index (κ3) is 4.07. The molecule has 2 amide bonds. The summed E-state index contributed by atoms with van der Waals surface area (Å²) >= 11 is 5.85. The van der Waals surface area contributed by atoms with Gasteiger partial charge in [-0.15, -0.1) is 0 Å². The van der Waals surface area contributed by atoms with Crippen LogP contribution in [0.25, 0.3) is 10.9 Å². The summed E-state index contributed by atoms with van der Waals surface area (Å²) in [5, 5.41) is 1.68. The molecule has 4 rings (SSSR count). The predicted octanol–water partition coefficient (Wildman–Crippen LogP) is 3.49. The Hall–Kier alpha value is -2.99. The summed E-state index contributed by atoms with van der Waals surface area (Å²) in [4.78, 5) is 32.1. The zero-order valence-electron chi connectivity index (χ0n) is 16.2. The molecule has 0 spiro atoms. The number of nitrogens with one attached hydrogen (secondary N) is 1. The second-order valence-corrected chi connectivity index (χ2v) is 7.52. The van der Waals surface area contributed by atoms with Crippen molar-refractivity contribution in [2.24, 2.45) is 0 Å². The van der Waals surface area contributed by atoms with E-state index >= 15 is 0 Å². The van der Waals surface area contributed by atoms with Crippen LogP contribution in [-0.4, -0.2) is 59.4 Å². The molecule has 1 fully saturated rings. The van der Waals surface area contributed by atoms with Gasteiger partial charge >= 0.3 is 0 Å². The van der Waals surface area contributed by atoms with E-state index in [9.17, 15) is 9.59 Å². The summed E-state index contributed by atoms with van der Waals surface area (Å²) in [5.74, 6) is 0.489. The first-order valence-electron chi connectivity index (χ1n) is 9.55. The van der Waals surface area contributed by atoms with Gasteiger partial charge in [-0.2, -0.15) is 0 Å². The first kappa shape index (κ1) is 19.3. The molecule has 2 heterocycles. The van der Waals surface area contributed by atoms with E-state index in [0.29, 0.717) is 42.6 Å². The summed E-state index contributed by atoms with van der Waals surface area (Å²) in [6.07, 6.45) is 0. The molecule has 1 N–H and O–H groups in total.